The van der Waals surface area contributed by atoms with Gasteiger partial charge in [0.25, 0.3) is 0 Å². The van der Waals surface area contributed by atoms with Crippen molar-refractivity contribution in [3.8, 4) is 5.75 Å². The number of thioether (sulfide) groups is 1. The van der Waals surface area contributed by atoms with Gasteiger partial charge < -0.3 is 20.1 Å². The molecular weight excluding hydrogens is 428 g/mol. The second kappa shape index (κ2) is 13.4. The molecule has 0 radical (unpaired) electrons. The van der Waals surface area contributed by atoms with Crippen molar-refractivity contribution in [3.63, 3.8) is 0 Å². The standard InChI is InChI=1S/C24H36N2O5S/c1-16(2)13-20-23(28)26-21(24(29)30-4)15-32-12-6-5-11-31-19-9-7-18(8-10-19)14-17(3)22(27)25-20/h7-10,16-17,20-21H,5-6,11-15H2,1-4H3,(H,25,27)(H,26,28)/t17-,20-,21-/m0/s1. The van der Waals surface area contributed by atoms with Crippen molar-refractivity contribution < 1.29 is 23.9 Å². The molecule has 0 spiro atoms. The van der Waals surface area contributed by atoms with Gasteiger partial charge in [0.1, 0.15) is 17.8 Å². The molecule has 2 amide bonds. The Hall–Kier alpha value is -2.22. The maximum absolute atomic E-state index is 13.0. The topological polar surface area (TPSA) is 93.7 Å². The first kappa shape index (κ1) is 26.0. The third-order valence-electron chi connectivity index (χ3n) is 5.29. The summed E-state index contributed by atoms with van der Waals surface area (Å²) in [6, 6.07) is 6.35. The first-order valence-corrected chi connectivity index (χ1v) is 12.4. The Kier molecular flexibility index (Phi) is 10.9. The van der Waals surface area contributed by atoms with E-state index in [-0.39, 0.29) is 23.7 Å². The van der Waals surface area contributed by atoms with Crippen LogP contribution in [0.1, 0.15) is 45.6 Å². The number of methoxy groups -OCH3 is 1. The van der Waals surface area contributed by atoms with Crippen LogP contribution in [0.25, 0.3) is 0 Å². The molecule has 0 aliphatic carbocycles. The number of rotatable bonds is 3. The molecule has 32 heavy (non-hydrogen) atoms. The van der Waals surface area contributed by atoms with Gasteiger partial charge in [-0.3, -0.25) is 9.59 Å². The van der Waals surface area contributed by atoms with Crippen LogP contribution in [-0.2, 0) is 25.5 Å². The van der Waals surface area contributed by atoms with Crippen molar-refractivity contribution >= 4 is 29.5 Å². The van der Waals surface area contributed by atoms with Crippen molar-refractivity contribution in [2.75, 3.05) is 25.2 Å². The fourth-order valence-corrected chi connectivity index (χ4v) is 4.50. The number of amides is 2. The number of hydrogen-bond donors (Lipinski definition) is 2. The van der Waals surface area contributed by atoms with Crippen LogP contribution in [0.2, 0.25) is 0 Å². The number of nitrogens with one attached hydrogen (secondary N) is 2. The largest absolute Gasteiger partial charge is 0.494 e. The molecule has 3 atom stereocenters. The molecule has 3 rings (SSSR count). The fraction of sp³-hybridized carbons (Fsp3) is 0.625. The quantitative estimate of drug-likeness (QED) is 0.668. The second-order valence-electron chi connectivity index (χ2n) is 8.65. The summed E-state index contributed by atoms with van der Waals surface area (Å²) < 4.78 is 10.7. The van der Waals surface area contributed by atoms with Gasteiger partial charge in [0.05, 0.1) is 13.7 Å². The van der Waals surface area contributed by atoms with Crippen LogP contribution in [0.4, 0.5) is 0 Å². The molecule has 2 heterocycles. The Morgan fingerprint density at radius 3 is 2.53 bits per heavy atom. The molecule has 178 valence electrons. The zero-order valence-corrected chi connectivity index (χ0v) is 20.3. The van der Waals surface area contributed by atoms with Crippen LogP contribution >= 0.6 is 11.8 Å². The first-order valence-electron chi connectivity index (χ1n) is 11.3. The van der Waals surface area contributed by atoms with Crippen molar-refractivity contribution in [2.24, 2.45) is 11.8 Å². The number of carbonyl (C=O) groups is 3. The minimum Gasteiger partial charge on any atom is -0.494 e. The van der Waals surface area contributed by atoms with Gasteiger partial charge >= 0.3 is 5.97 Å². The summed E-state index contributed by atoms with van der Waals surface area (Å²) >= 11 is 1.59. The van der Waals surface area contributed by atoms with Crippen molar-refractivity contribution in [3.05, 3.63) is 29.8 Å². The summed E-state index contributed by atoms with van der Waals surface area (Å²) in [4.78, 5) is 38.1. The number of carbonyl (C=O) groups excluding carboxylic acids is 3. The van der Waals surface area contributed by atoms with Gasteiger partial charge in [0.2, 0.25) is 11.8 Å². The molecule has 2 aliphatic rings. The van der Waals surface area contributed by atoms with Gasteiger partial charge in [-0.2, -0.15) is 11.8 Å². The minimum atomic E-state index is -0.754. The average Bonchev–Trinajstić information content (AvgIpc) is 2.76. The number of ether oxygens (including phenoxy) is 2. The van der Waals surface area contributed by atoms with Crippen LogP contribution in [0, 0.1) is 11.8 Å². The van der Waals surface area contributed by atoms with Gasteiger partial charge in [-0.25, -0.2) is 4.79 Å². The SMILES string of the molecule is COC(=O)[C@@H]1CSCCCCOc2ccc(cc2)C[C@H](C)C(=O)N[C@@H](CC(C)C)C(=O)N1. The molecule has 2 N–H and O–H groups in total. The lowest BCUT2D eigenvalue weighted by molar-refractivity contribution is -0.144. The van der Waals surface area contributed by atoms with E-state index in [2.05, 4.69) is 10.6 Å². The summed E-state index contributed by atoms with van der Waals surface area (Å²) in [7, 11) is 1.31. The number of hydrogen-bond acceptors (Lipinski definition) is 6. The zero-order valence-electron chi connectivity index (χ0n) is 19.5. The molecule has 0 aromatic heterocycles. The highest BCUT2D eigenvalue weighted by Gasteiger charge is 2.29. The molecule has 1 aromatic carbocycles. The van der Waals surface area contributed by atoms with E-state index >= 15 is 0 Å². The van der Waals surface area contributed by atoms with E-state index in [4.69, 9.17) is 9.47 Å². The first-order chi connectivity index (χ1) is 15.3. The van der Waals surface area contributed by atoms with Gasteiger partial charge in [-0.15, -0.1) is 0 Å². The van der Waals surface area contributed by atoms with E-state index in [9.17, 15) is 14.4 Å². The van der Waals surface area contributed by atoms with E-state index in [1.54, 1.807) is 11.8 Å². The predicted octanol–water partition coefficient (Wildman–Crippen LogP) is 2.96. The molecule has 8 heteroatoms. The normalized spacial score (nSPS) is 23.8. The van der Waals surface area contributed by atoms with Gasteiger partial charge in [0.15, 0.2) is 0 Å². The van der Waals surface area contributed by atoms with Gasteiger partial charge in [-0.1, -0.05) is 32.9 Å². The monoisotopic (exact) mass is 464 g/mol. The molecule has 2 bridgehead atoms. The molecule has 0 fully saturated rings. The van der Waals surface area contributed by atoms with Crippen LogP contribution < -0.4 is 15.4 Å². The summed E-state index contributed by atoms with van der Waals surface area (Å²) in [6.07, 6.45) is 2.88. The number of benzene rings is 1. The highest BCUT2D eigenvalue weighted by Crippen LogP contribution is 2.17. The van der Waals surface area contributed by atoms with Gasteiger partial charge in [-0.05, 0) is 55.1 Å². The number of fused-ring (bicyclic) bond motifs is 16. The molecule has 0 saturated heterocycles. The molecular formula is C24H36N2O5S. The van der Waals surface area contributed by atoms with Crippen LogP contribution in [0.15, 0.2) is 24.3 Å². The van der Waals surface area contributed by atoms with Crippen LogP contribution in [-0.4, -0.2) is 55.1 Å². The molecule has 0 unspecified atom stereocenters. The Balaban J connectivity index is 2.19. The van der Waals surface area contributed by atoms with Crippen molar-refractivity contribution in [1.82, 2.24) is 10.6 Å². The van der Waals surface area contributed by atoms with E-state index in [1.165, 1.54) is 7.11 Å². The van der Waals surface area contributed by atoms with Crippen LogP contribution in [0.3, 0.4) is 0 Å². The van der Waals surface area contributed by atoms with Gasteiger partial charge in [0, 0.05) is 11.7 Å². The second-order valence-corrected chi connectivity index (χ2v) is 9.80. The van der Waals surface area contributed by atoms with Crippen molar-refractivity contribution in [2.45, 2.75) is 58.5 Å². The Labute approximate surface area is 195 Å². The third kappa shape index (κ3) is 8.73. The Morgan fingerprint density at radius 1 is 1.16 bits per heavy atom. The van der Waals surface area contributed by atoms with E-state index < -0.39 is 18.1 Å². The summed E-state index contributed by atoms with van der Waals surface area (Å²) in [5.74, 6) is 0.936. The zero-order chi connectivity index (χ0) is 23.5. The maximum atomic E-state index is 13.0. The smallest absolute Gasteiger partial charge is 0.329 e. The average molecular weight is 465 g/mol. The summed E-state index contributed by atoms with van der Waals surface area (Å²) in [6.45, 7) is 6.45. The summed E-state index contributed by atoms with van der Waals surface area (Å²) in [5.41, 5.74) is 1.03. The Bertz CT molecular complexity index is 753. The third-order valence-corrected chi connectivity index (χ3v) is 6.44. The molecule has 2 aliphatic heterocycles. The summed E-state index contributed by atoms with van der Waals surface area (Å²) in [5, 5.41) is 5.69. The minimum absolute atomic E-state index is 0.187. The number of esters is 1. The maximum Gasteiger partial charge on any atom is 0.329 e. The lowest BCUT2D eigenvalue weighted by atomic mass is 9.98. The Morgan fingerprint density at radius 2 is 1.88 bits per heavy atom. The highest BCUT2D eigenvalue weighted by atomic mass is 32.2. The van der Waals surface area contributed by atoms with E-state index in [1.807, 2.05) is 45.0 Å². The highest BCUT2D eigenvalue weighted by molar-refractivity contribution is 7.99. The lowest BCUT2D eigenvalue weighted by Gasteiger charge is -2.24. The lowest BCUT2D eigenvalue weighted by Crippen LogP contribution is -2.53. The molecule has 1 aromatic rings. The van der Waals surface area contributed by atoms with E-state index in [0.717, 1.165) is 29.9 Å². The van der Waals surface area contributed by atoms with Crippen molar-refractivity contribution in [1.29, 1.82) is 0 Å². The molecule has 0 saturated carbocycles. The predicted molar refractivity (Wildman–Crippen MR) is 127 cm³/mol. The van der Waals surface area contributed by atoms with Crippen LogP contribution in [0.5, 0.6) is 5.75 Å². The fourth-order valence-electron chi connectivity index (χ4n) is 3.47. The molecule has 7 nitrogen and oxygen atoms in total. The van der Waals surface area contributed by atoms with E-state index in [0.29, 0.717) is 25.2 Å².